The zero-order valence-electron chi connectivity index (χ0n) is 10.9. The predicted molar refractivity (Wildman–Crippen MR) is 67.3 cm³/mol. The van der Waals surface area contributed by atoms with Gasteiger partial charge in [-0.25, -0.2) is 0 Å². The summed E-state index contributed by atoms with van der Waals surface area (Å²) in [5.74, 6) is 1.57. The predicted octanol–water partition coefficient (Wildman–Crippen LogP) is 1.93. The van der Waals surface area contributed by atoms with Crippen LogP contribution < -0.4 is 10.6 Å². The largest absolute Gasteiger partial charge is 0.355 e. The number of carbonyl (C=O) groups is 1. The second-order valence-corrected chi connectivity index (χ2v) is 5.13. The van der Waals surface area contributed by atoms with Crippen molar-refractivity contribution in [1.29, 1.82) is 0 Å². The minimum Gasteiger partial charge on any atom is -0.355 e. The van der Waals surface area contributed by atoms with Crippen molar-refractivity contribution in [3.05, 3.63) is 0 Å². The summed E-state index contributed by atoms with van der Waals surface area (Å²) in [5.41, 5.74) is 0. The average molecular weight is 226 g/mol. The van der Waals surface area contributed by atoms with E-state index >= 15 is 0 Å². The van der Waals surface area contributed by atoms with Crippen LogP contribution in [0.4, 0.5) is 0 Å². The Labute approximate surface area is 99.4 Å². The fraction of sp³-hybridized carbons (Fsp3) is 0.923. The van der Waals surface area contributed by atoms with Gasteiger partial charge < -0.3 is 10.6 Å². The van der Waals surface area contributed by atoms with E-state index in [4.69, 9.17) is 0 Å². The van der Waals surface area contributed by atoms with Gasteiger partial charge in [0.15, 0.2) is 0 Å². The lowest BCUT2D eigenvalue weighted by molar-refractivity contribution is -0.120. The van der Waals surface area contributed by atoms with Gasteiger partial charge in [-0.15, -0.1) is 0 Å². The first-order chi connectivity index (χ1) is 7.65. The number of hydrogen-bond acceptors (Lipinski definition) is 2. The maximum Gasteiger partial charge on any atom is 0.233 e. The van der Waals surface area contributed by atoms with Gasteiger partial charge in [-0.2, -0.15) is 0 Å². The molecule has 3 nitrogen and oxygen atoms in total. The Morgan fingerprint density at radius 1 is 1.31 bits per heavy atom. The molecular formula is C13H26N2O. The van der Waals surface area contributed by atoms with E-state index in [9.17, 15) is 4.79 Å². The molecule has 1 fully saturated rings. The maximum atomic E-state index is 11.4. The molecule has 0 heterocycles. The lowest BCUT2D eigenvalue weighted by atomic mass is 9.78. The maximum absolute atomic E-state index is 11.4. The van der Waals surface area contributed by atoms with Crippen molar-refractivity contribution in [3.63, 3.8) is 0 Å². The second-order valence-electron chi connectivity index (χ2n) is 5.13. The van der Waals surface area contributed by atoms with Gasteiger partial charge in [0.1, 0.15) is 0 Å². The highest BCUT2D eigenvalue weighted by Crippen LogP contribution is 2.29. The molecule has 0 aromatic carbocycles. The van der Waals surface area contributed by atoms with E-state index < -0.39 is 0 Å². The molecule has 1 amide bonds. The highest BCUT2D eigenvalue weighted by atomic mass is 16.1. The van der Waals surface area contributed by atoms with Crippen molar-refractivity contribution in [2.75, 3.05) is 13.1 Å². The van der Waals surface area contributed by atoms with Gasteiger partial charge in [0.2, 0.25) is 5.91 Å². The molecule has 0 aromatic rings. The highest BCUT2D eigenvalue weighted by molar-refractivity contribution is 5.77. The molecule has 3 heteroatoms. The highest BCUT2D eigenvalue weighted by Gasteiger charge is 2.27. The van der Waals surface area contributed by atoms with Gasteiger partial charge in [-0.3, -0.25) is 4.79 Å². The number of nitrogens with one attached hydrogen (secondary N) is 2. The van der Waals surface area contributed by atoms with Crippen LogP contribution in [0.5, 0.6) is 0 Å². The number of carbonyl (C=O) groups excluding carboxylic acids is 1. The van der Waals surface area contributed by atoms with Crippen molar-refractivity contribution in [2.24, 2.45) is 11.8 Å². The van der Waals surface area contributed by atoms with Gasteiger partial charge >= 0.3 is 0 Å². The smallest absolute Gasteiger partial charge is 0.233 e. The lowest BCUT2D eigenvalue weighted by Crippen LogP contribution is -2.45. The summed E-state index contributed by atoms with van der Waals surface area (Å²) in [6.07, 6.45) is 5.19. The van der Waals surface area contributed by atoms with Crippen LogP contribution in [-0.2, 0) is 4.79 Å². The molecule has 2 N–H and O–H groups in total. The van der Waals surface area contributed by atoms with Gasteiger partial charge in [0.25, 0.3) is 0 Å². The van der Waals surface area contributed by atoms with E-state index in [0.29, 0.717) is 18.5 Å². The van der Waals surface area contributed by atoms with Crippen LogP contribution in [0.25, 0.3) is 0 Å². The fourth-order valence-electron chi connectivity index (χ4n) is 2.69. The molecule has 0 bridgehead atoms. The molecule has 94 valence electrons. The lowest BCUT2D eigenvalue weighted by Gasteiger charge is -2.34. The minimum absolute atomic E-state index is 0.121. The average Bonchev–Trinajstić information content (AvgIpc) is 2.27. The van der Waals surface area contributed by atoms with Crippen molar-refractivity contribution < 1.29 is 4.79 Å². The normalized spacial score (nSPS) is 25.8. The Bertz CT molecular complexity index is 216. The summed E-state index contributed by atoms with van der Waals surface area (Å²) in [6, 6.07) is 0.538. The second kappa shape index (κ2) is 6.89. The zero-order chi connectivity index (χ0) is 12.0. The molecule has 1 saturated carbocycles. The van der Waals surface area contributed by atoms with Crippen LogP contribution in [0.3, 0.4) is 0 Å². The van der Waals surface area contributed by atoms with Crippen molar-refractivity contribution >= 4 is 5.91 Å². The third-order valence-electron chi connectivity index (χ3n) is 3.57. The summed E-state index contributed by atoms with van der Waals surface area (Å²) >= 11 is 0. The van der Waals surface area contributed by atoms with Gasteiger partial charge in [-0.05, 0) is 31.6 Å². The van der Waals surface area contributed by atoms with Crippen LogP contribution in [0.1, 0.15) is 46.5 Å². The van der Waals surface area contributed by atoms with Crippen molar-refractivity contribution in [1.82, 2.24) is 10.6 Å². The first kappa shape index (κ1) is 13.5. The van der Waals surface area contributed by atoms with Crippen LogP contribution in [-0.4, -0.2) is 25.0 Å². The molecule has 1 aliphatic carbocycles. The molecule has 1 rings (SSSR count). The third kappa shape index (κ3) is 4.12. The fourth-order valence-corrected chi connectivity index (χ4v) is 2.69. The van der Waals surface area contributed by atoms with E-state index in [2.05, 4.69) is 24.5 Å². The SMILES string of the molecule is CCNC(=O)CNC1CCCCC1C(C)C. The van der Waals surface area contributed by atoms with E-state index in [1.54, 1.807) is 0 Å². The van der Waals surface area contributed by atoms with Crippen LogP contribution in [0, 0.1) is 11.8 Å². The quantitative estimate of drug-likeness (QED) is 0.752. The zero-order valence-corrected chi connectivity index (χ0v) is 10.9. The first-order valence-corrected chi connectivity index (χ1v) is 6.65. The molecule has 2 atom stereocenters. The molecule has 0 aromatic heterocycles. The molecule has 0 spiro atoms. The van der Waals surface area contributed by atoms with Crippen LogP contribution >= 0.6 is 0 Å². The Kier molecular flexibility index (Phi) is 5.81. The van der Waals surface area contributed by atoms with Gasteiger partial charge in [-0.1, -0.05) is 26.7 Å². The summed E-state index contributed by atoms with van der Waals surface area (Å²) in [4.78, 5) is 11.4. The monoisotopic (exact) mass is 226 g/mol. The minimum atomic E-state index is 0.121. The third-order valence-corrected chi connectivity index (χ3v) is 3.57. The summed E-state index contributed by atoms with van der Waals surface area (Å²) in [5, 5.41) is 6.25. The van der Waals surface area contributed by atoms with Gasteiger partial charge in [0, 0.05) is 12.6 Å². The van der Waals surface area contributed by atoms with Crippen LogP contribution in [0.15, 0.2) is 0 Å². The number of hydrogen-bond donors (Lipinski definition) is 2. The summed E-state index contributed by atoms with van der Waals surface area (Å²) in [6.45, 7) is 7.73. The molecule has 0 radical (unpaired) electrons. The molecule has 16 heavy (non-hydrogen) atoms. The Balaban J connectivity index is 2.35. The Morgan fingerprint density at radius 2 is 2.00 bits per heavy atom. The van der Waals surface area contributed by atoms with E-state index in [1.165, 1.54) is 25.7 Å². The van der Waals surface area contributed by atoms with E-state index in [-0.39, 0.29) is 5.91 Å². The molecule has 0 saturated heterocycles. The number of rotatable bonds is 5. The van der Waals surface area contributed by atoms with Gasteiger partial charge in [0.05, 0.1) is 6.54 Å². The Hall–Kier alpha value is -0.570. The standard InChI is InChI=1S/C13H26N2O/c1-4-14-13(16)9-15-12-8-6-5-7-11(12)10(2)3/h10-12,15H,4-9H2,1-3H3,(H,14,16). The summed E-state index contributed by atoms with van der Waals surface area (Å²) < 4.78 is 0. The number of likely N-dealkylation sites (N-methyl/N-ethyl adjacent to an activating group) is 1. The van der Waals surface area contributed by atoms with Crippen LogP contribution in [0.2, 0.25) is 0 Å². The first-order valence-electron chi connectivity index (χ1n) is 6.65. The van der Waals surface area contributed by atoms with E-state index in [0.717, 1.165) is 12.5 Å². The number of amides is 1. The molecule has 2 unspecified atom stereocenters. The Morgan fingerprint density at radius 3 is 2.62 bits per heavy atom. The topological polar surface area (TPSA) is 41.1 Å². The molecule has 1 aliphatic rings. The van der Waals surface area contributed by atoms with Crippen molar-refractivity contribution in [3.8, 4) is 0 Å². The molecular weight excluding hydrogens is 200 g/mol. The molecule has 0 aliphatic heterocycles. The summed E-state index contributed by atoms with van der Waals surface area (Å²) in [7, 11) is 0. The van der Waals surface area contributed by atoms with Crippen molar-refractivity contribution in [2.45, 2.75) is 52.5 Å². The van der Waals surface area contributed by atoms with E-state index in [1.807, 2.05) is 6.92 Å².